The van der Waals surface area contributed by atoms with E-state index in [9.17, 15) is 9.18 Å². The second kappa shape index (κ2) is 9.72. The standard InChI is InChI=1S/C21H24ClFN2O2/c22-19-12-18(23)8-9-20(19)27-15-21(26)24-13-16-4-6-17(7-5-16)14-25-10-2-1-3-11-25/h4-9,12H,1-3,10-11,13-15H2,(H,24,26)/p+1. The van der Waals surface area contributed by atoms with Crippen LogP contribution in [0.2, 0.25) is 5.02 Å². The van der Waals surface area contributed by atoms with Crippen LogP contribution >= 0.6 is 11.6 Å². The molecule has 1 aliphatic heterocycles. The summed E-state index contributed by atoms with van der Waals surface area (Å²) in [7, 11) is 0. The Morgan fingerprint density at radius 3 is 2.48 bits per heavy atom. The van der Waals surface area contributed by atoms with Crippen LogP contribution in [0.15, 0.2) is 42.5 Å². The lowest BCUT2D eigenvalue weighted by Crippen LogP contribution is -3.11. The second-order valence-corrected chi connectivity index (χ2v) is 7.35. The maximum absolute atomic E-state index is 13.0. The molecule has 1 aliphatic rings. The highest BCUT2D eigenvalue weighted by Crippen LogP contribution is 2.24. The lowest BCUT2D eigenvalue weighted by molar-refractivity contribution is -0.918. The van der Waals surface area contributed by atoms with E-state index >= 15 is 0 Å². The van der Waals surface area contributed by atoms with Crippen molar-refractivity contribution in [3.05, 3.63) is 64.4 Å². The molecule has 0 aliphatic carbocycles. The van der Waals surface area contributed by atoms with Gasteiger partial charge in [0.1, 0.15) is 18.1 Å². The molecule has 0 bridgehead atoms. The molecule has 1 heterocycles. The minimum Gasteiger partial charge on any atom is -0.482 e. The fourth-order valence-corrected chi connectivity index (χ4v) is 3.50. The zero-order valence-corrected chi connectivity index (χ0v) is 16.0. The first-order valence-corrected chi connectivity index (χ1v) is 9.74. The van der Waals surface area contributed by atoms with Crippen LogP contribution in [0.1, 0.15) is 30.4 Å². The van der Waals surface area contributed by atoms with Crippen molar-refractivity contribution in [1.29, 1.82) is 0 Å². The summed E-state index contributed by atoms with van der Waals surface area (Å²) >= 11 is 5.87. The first-order chi connectivity index (χ1) is 13.1. The van der Waals surface area contributed by atoms with Gasteiger partial charge in [-0.1, -0.05) is 35.9 Å². The van der Waals surface area contributed by atoms with Gasteiger partial charge in [-0.3, -0.25) is 4.79 Å². The number of carbonyl (C=O) groups is 1. The topological polar surface area (TPSA) is 42.8 Å². The summed E-state index contributed by atoms with van der Waals surface area (Å²) in [5.74, 6) is -0.405. The molecule has 27 heavy (non-hydrogen) atoms. The molecule has 2 aromatic rings. The smallest absolute Gasteiger partial charge is 0.258 e. The number of amides is 1. The van der Waals surface area contributed by atoms with Gasteiger partial charge in [-0.15, -0.1) is 0 Å². The van der Waals surface area contributed by atoms with Crippen molar-refractivity contribution in [2.45, 2.75) is 32.4 Å². The number of rotatable bonds is 7. The van der Waals surface area contributed by atoms with Crippen molar-refractivity contribution in [1.82, 2.24) is 5.32 Å². The molecule has 0 saturated carbocycles. The van der Waals surface area contributed by atoms with E-state index in [1.807, 2.05) is 0 Å². The lowest BCUT2D eigenvalue weighted by atomic mass is 10.1. The second-order valence-electron chi connectivity index (χ2n) is 6.94. The Bertz CT molecular complexity index is 761. The van der Waals surface area contributed by atoms with E-state index in [2.05, 4.69) is 29.6 Å². The van der Waals surface area contributed by atoms with Crippen molar-refractivity contribution in [2.75, 3.05) is 19.7 Å². The molecule has 0 radical (unpaired) electrons. The maximum atomic E-state index is 13.0. The number of halogens is 2. The van der Waals surface area contributed by atoms with Crippen molar-refractivity contribution in [3.63, 3.8) is 0 Å². The highest BCUT2D eigenvalue weighted by atomic mass is 35.5. The van der Waals surface area contributed by atoms with Gasteiger partial charge in [0.05, 0.1) is 18.1 Å². The number of benzene rings is 2. The summed E-state index contributed by atoms with van der Waals surface area (Å²) in [6.07, 6.45) is 4.01. The number of nitrogens with one attached hydrogen (secondary N) is 2. The van der Waals surface area contributed by atoms with Crippen LogP contribution in [0, 0.1) is 5.82 Å². The van der Waals surface area contributed by atoms with Gasteiger partial charge in [-0.05, 0) is 43.0 Å². The third kappa shape index (κ3) is 6.22. The van der Waals surface area contributed by atoms with Crippen molar-refractivity contribution in [2.24, 2.45) is 0 Å². The summed E-state index contributed by atoms with van der Waals surface area (Å²) in [5.41, 5.74) is 2.37. The number of quaternary nitrogens is 1. The lowest BCUT2D eigenvalue weighted by Gasteiger charge is -2.23. The maximum Gasteiger partial charge on any atom is 0.258 e. The number of hydrogen-bond acceptors (Lipinski definition) is 2. The molecular weight excluding hydrogens is 367 g/mol. The first kappa shape index (κ1) is 19.6. The molecule has 2 aromatic carbocycles. The molecular formula is C21H25ClFN2O2+. The molecule has 0 spiro atoms. The van der Waals surface area contributed by atoms with E-state index in [0.717, 1.165) is 18.2 Å². The molecule has 1 fully saturated rings. The summed E-state index contributed by atoms with van der Waals surface area (Å²) in [4.78, 5) is 13.6. The van der Waals surface area contributed by atoms with Crippen LogP contribution in [-0.4, -0.2) is 25.6 Å². The zero-order chi connectivity index (χ0) is 19.1. The average Bonchev–Trinajstić information content (AvgIpc) is 2.67. The Morgan fingerprint density at radius 2 is 1.78 bits per heavy atom. The van der Waals surface area contributed by atoms with E-state index in [1.54, 1.807) is 4.90 Å². The Hall–Kier alpha value is -2.11. The summed E-state index contributed by atoms with van der Waals surface area (Å²) in [6, 6.07) is 12.2. The molecule has 0 atom stereocenters. The van der Waals surface area contributed by atoms with Gasteiger partial charge in [0, 0.05) is 12.1 Å². The quantitative estimate of drug-likeness (QED) is 0.762. The Balaban J connectivity index is 1.41. The predicted octanol–water partition coefficient (Wildman–Crippen LogP) is 2.74. The van der Waals surface area contributed by atoms with Gasteiger partial charge in [0.15, 0.2) is 6.61 Å². The van der Waals surface area contributed by atoms with Gasteiger partial charge < -0.3 is 15.0 Å². The van der Waals surface area contributed by atoms with E-state index in [1.165, 1.54) is 50.0 Å². The van der Waals surface area contributed by atoms with E-state index < -0.39 is 5.82 Å². The largest absolute Gasteiger partial charge is 0.482 e. The van der Waals surface area contributed by atoms with Crippen LogP contribution in [0.3, 0.4) is 0 Å². The Morgan fingerprint density at radius 1 is 1.07 bits per heavy atom. The number of piperidine rings is 1. The molecule has 144 valence electrons. The fraction of sp³-hybridized carbons (Fsp3) is 0.381. The van der Waals surface area contributed by atoms with E-state index in [0.29, 0.717) is 6.54 Å². The van der Waals surface area contributed by atoms with Crippen LogP contribution in [0.4, 0.5) is 4.39 Å². The van der Waals surface area contributed by atoms with Gasteiger partial charge in [0.2, 0.25) is 0 Å². The molecule has 0 aromatic heterocycles. The zero-order valence-electron chi connectivity index (χ0n) is 15.3. The molecule has 1 saturated heterocycles. The van der Waals surface area contributed by atoms with Gasteiger partial charge in [-0.2, -0.15) is 0 Å². The number of ether oxygens (including phenoxy) is 1. The number of carbonyl (C=O) groups excluding carboxylic acids is 1. The highest BCUT2D eigenvalue weighted by Gasteiger charge is 2.13. The normalized spacial score (nSPS) is 14.7. The first-order valence-electron chi connectivity index (χ1n) is 9.36. The number of likely N-dealkylation sites (tertiary alicyclic amines) is 1. The van der Waals surface area contributed by atoms with Crippen molar-refractivity contribution in [3.8, 4) is 5.75 Å². The molecule has 0 unspecified atom stereocenters. The monoisotopic (exact) mass is 391 g/mol. The molecule has 6 heteroatoms. The highest BCUT2D eigenvalue weighted by molar-refractivity contribution is 6.32. The predicted molar refractivity (Wildman–Crippen MR) is 103 cm³/mol. The average molecular weight is 392 g/mol. The minimum atomic E-state index is -0.442. The molecule has 2 N–H and O–H groups in total. The van der Waals surface area contributed by atoms with Crippen LogP contribution in [0.5, 0.6) is 5.75 Å². The van der Waals surface area contributed by atoms with Crippen molar-refractivity contribution >= 4 is 17.5 Å². The molecule has 4 nitrogen and oxygen atoms in total. The summed E-state index contributed by atoms with van der Waals surface area (Å²) in [5, 5.41) is 2.96. The third-order valence-electron chi connectivity index (χ3n) is 4.78. The van der Waals surface area contributed by atoms with Gasteiger partial charge >= 0.3 is 0 Å². The SMILES string of the molecule is O=C(COc1ccc(F)cc1Cl)NCc1ccc(C[NH+]2CCCCC2)cc1. The van der Waals surface area contributed by atoms with Crippen molar-refractivity contribution < 1.29 is 18.8 Å². The van der Waals surface area contributed by atoms with Gasteiger partial charge in [-0.25, -0.2) is 4.39 Å². The number of hydrogen-bond donors (Lipinski definition) is 2. The Kier molecular flexibility index (Phi) is 7.07. The third-order valence-corrected chi connectivity index (χ3v) is 5.08. The van der Waals surface area contributed by atoms with Gasteiger partial charge in [0.25, 0.3) is 5.91 Å². The molecule has 3 rings (SSSR count). The minimum absolute atomic E-state index is 0.147. The fourth-order valence-electron chi connectivity index (χ4n) is 3.28. The van der Waals surface area contributed by atoms with E-state index in [4.69, 9.17) is 16.3 Å². The van der Waals surface area contributed by atoms with Crippen LogP contribution in [0.25, 0.3) is 0 Å². The van der Waals surface area contributed by atoms with Crippen LogP contribution < -0.4 is 15.0 Å². The van der Waals surface area contributed by atoms with E-state index in [-0.39, 0.29) is 23.3 Å². The molecule has 1 amide bonds. The Labute approximate surface area is 164 Å². The summed E-state index contributed by atoms with van der Waals surface area (Å²) in [6.45, 7) is 3.86. The summed E-state index contributed by atoms with van der Waals surface area (Å²) < 4.78 is 18.3. The van der Waals surface area contributed by atoms with Crippen LogP contribution in [-0.2, 0) is 17.9 Å².